The summed E-state index contributed by atoms with van der Waals surface area (Å²) in [5.41, 5.74) is 6.50. The number of nitrogens with two attached hydrogens (primary N) is 1. The number of carbonyl (C=O) groups is 2. The third-order valence-corrected chi connectivity index (χ3v) is 4.59. The van der Waals surface area contributed by atoms with Crippen LogP contribution >= 0.6 is 11.6 Å². The number of amides is 2. The van der Waals surface area contributed by atoms with Gasteiger partial charge in [-0.25, -0.2) is 4.39 Å². The minimum absolute atomic E-state index is 0.150. The van der Waals surface area contributed by atoms with Crippen LogP contribution in [0.25, 0.3) is 0 Å². The van der Waals surface area contributed by atoms with Crippen molar-refractivity contribution in [3.05, 3.63) is 95.3 Å². The third-order valence-electron chi connectivity index (χ3n) is 4.37. The van der Waals surface area contributed by atoms with Gasteiger partial charge < -0.3 is 10.6 Å². The molecule has 3 rings (SSSR count). The fraction of sp³-hybridized carbons (Fsp3) is 0.182. The largest absolute Gasteiger partial charge is 0.368 e. The lowest BCUT2D eigenvalue weighted by atomic mass is 10.1. The second kappa shape index (κ2) is 9.85. The zero-order valence-electron chi connectivity index (χ0n) is 15.4. The average molecular weight is 401 g/mol. The molecule has 0 radical (unpaired) electrons. The highest BCUT2D eigenvalue weighted by atomic mass is 35.5. The predicted octanol–water partition coefficient (Wildman–Crippen LogP) is 4.21. The smallest absolute Gasteiger partial charge is 0.254 e. The molecule has 2 amide bonds. The molecule has 1 atom stereocenters. The first kappa shape index (κ1) is 21.4. The number of benzene rings is 2. The van der Waals surface area contributed by atoms with Crippen LogP contribution in [-0.2, 0) is 16.0 Å². The monoisotopic (exact) mass is 400 g/mol. The molecule has 0 saturated carbocycles. The average Bonchev–Trinajstić information content (AvgIpc) is 3.10. The van der Waals surface area contributed by atoms with E-state index in [2.05, 4.69) is 13.2 Å². The van der Waals surface area contributed by atoms with Gasteiger partial charge in [-0.1, -0.05) is 67.2 Å². The number of halogens is 2. The molecule has 1 aliphatic rings. The van der Waals surface area contributed by atoms with Crippen LogP contribution in [0.4, 0.5) is 4.39 Å². The van der Waals surface area contributed by atoms with Crippen LogP contribution in [0, 0.1) is 5.82 Å². The summed E-state index contributed by atoms with van der Waals surface area (Å²) in [6.45, 7) is 6.83. The lowest BCUT2D eigenvalue weighted by molar-refractivity contribution is -0.134. The fourth-order valence-corrected chi connectivity index (χ4v) is 3.31. The standard InChI is InChI=1S/C16H16ClFN2O2.C6H6/c1-3-9(2)16(22)20(8-15(19)21)14-5-4-11-12(14)6-10(17)7-13(11)18;1-2-4-6-5-3-1/h3,6-7,14H,1-2,4-5,8H2,(H2,19,21);1-6H. The lowest BCUT2D eigenvalue weighted by Gasteiger charge is -2.29. The van der Waals surface area contributed by atoms with Gasteiger partial charge in [0.1, 0.15) is 12.4 Å². The first-order valence-corrected chi connectivity index (χ1v) is 9.11. The number of rotatable bonds is 5. The summed E-state index contributed by atoms with van der Waals surface area (Å²) >= 11 is 5.90. The van der Waals surface area contributed by atoms with Crippen molar-refractivity contribution in [2.24, 2.45) is 5.73 Å². The maximum absolute atomic E-state index is 14.0. The lowest BCUT2D eigenvalue weighted by Crippen LogP contribution is -2.40. The highest BCUT2D eigenvalue weighted by molar-refractivity contribution is 6.30. The Kier molecular flexibility index (Phi) is 7.52. The van der Waals surface area contributed by atoms with E-state index in [0.29, 0.717) is 24.0 Å². The molecule has 2 aromatic carbocycles. The Morgan fingerprint density at radius 1 is 1.21 bits per heavy atom. The minimum Gasteiger partial charge on any atom is -0.368 e. The van der Waals surface area contributed by atoms with Crippen molar-refractivity contribution < 1.29 is 14.0 Å². The van der Waals surface area contributed by atoms with Crippen molar-refractivity contribution >= 4 is 23.4 Å². The number of fused-ring (bicyclic) bond motifs is 1. The van der Waals surface area contributed by atoms with E-state index in [4.69, 9.17) is 17.3 Å². The van der Waals surface area contributed by atoms with Crippen molar-refractivity contribution in [2.75, 3.05) is 6.54 Å². The Labute approximate surface area is 169 Å². The Morgan fingerprint density at radius 3 is 2.29 bits per heavy atom. The quantitative estimate of drug-likeness (QED) is 0.603. The molecule has 0 aliphatic heterocycles. The molecule has 2 aromatic rings. The van der Waals surface area contributed by atoms with Gasteiger partial charge in [0.25, 0.3) is 5.91 Å². The zero-order valence-corrected chi connectivity index (χ0v) is 16.2. The maximum atomic E-state index is 14.0. The predicted molar refractivity (Wildman–Crippen MR) is 109 cm³/mol. The van der Waals surface area contributed by atoms with Gasteiger partial charge in [-0.15, -0.1) is 0 Å². The molecule has 4 nitrogen and oxygen atoms in total. The number of hydrogen-bond donors (Lipinski definition) is 1. The van der Waals surface area contributed by atoms with E-state index in [-0.39, 0.29) is 17.1 Å². The first-order chi connectivity index (χ1) is 13.3. The van der Waals surface area contributed by atoms with E-state index in [1.54, 1.807) is 6.07 Å². The van der Waals surface area contributed by atoms with Crippen LogP contribution in [0.15, 0.2) is 73.3 Å². The van der Waals surface area contributed by atoms with E-state index in [1.807, 2.05) is 36.4 Å². The van der Waals surface area contributed by atoms with E-state index in [1.165, 1.54) is 17.0 Å². The Hall–Kier alpha value is -2.92. The molecule has 0 heterocycles. The SMILES string of the molecule is C=CC(=C)C(=O)N(CC(N)=O)C1CCc2c(F)cc(Cl)cc21.c1ccccc1. The fourth-order valence-electron chi connectivity index (χ4n) is 3.09. The zero-order chi connectivity index (χ0) is 20.7. The summed E-state index contributed by atoms with van der Waals surface area (Å²) in [6.07, 6.45) is 2.27. The molecular weight excluding hydrogens is 379 g/mol. The van der Waals surface area contributed by atoms with Gasteiger partial charge in [-0.3, -0.25) is 9.59 Å². The number of primary amides is 1. The number of nitrogens with zero attached hydrogens (tertiary/aromatic N) is 1. The Balaban J connectivity index is 0.000000397. The molecule has 2 N–H and O–H groups in total. The van der Waals surface area contributed by atoms with Gasteiger partial charge in [-0.05, 0) is 36.1 Å². The second-order valence-corrected chi connectivity index (χ2v) is 6.73. The van der Waals surface area contributed by atoms with Gasteiger partial charge in [0.05, 0.1) is 6.04 Å². The second-order valence-electron chi connectivity index (χ2n) is 6.29. The summed E-state index contributed by atoms with van der Waals surface area (Å²) in [5.74, 6) is -1.51. The van der Waals surface area contributed by atoms with Crippen LogP contribution in [-0.4, -0.2) is 23.3 Å². The van der Waals surface area contributed by atoms with Gasteiger partial charge in [0.2, 0.25) is 5.91 Å². The summed E-state index contributed by atoms with van der Waals surface area (Å²) in [7, 11) is 0. The van der Waals surface area contributed by atoms with E-state index in [0.717, 1.165) is 0 Å². The van der Waals surface area contributed by atoms with Gasteiger partial charge in [-0.2, -0.15) is 0 Å². The van der Waals surface area contributed by atoms with Crippen molar-refractivity contribution in [3.63, 3.8) is 0 Å². The molecule has 28 heavy (non-hydrogen) atoms. The first-order valence-electron chi connectivity index (χ1n) is 8.73. The maximum Gasteiger partial charge on any atom is 0.254 e. The number of carbonyl (C=O) groups excluding carboxylic acids is 2. The van der Waals surface area contributed by atoms with Crippen molar-refractivity contribution in [3.8, 4) is 0 Å². The van der Waals surface area contributed by atoms with Crippen LogP contribution in [0.2, 0.25) is 5.02 Å². The summed E-state index contributed by atoms with van der Waals surface area (Å²) in [5, 5.41) is 0.247. The molecule has 1 unspecified atom stereocenters. The van der Waals surface area contributed by atoms with Crippen LogP contribution in [0.3, 0.4) is 0 Å². The topological polar surface area (TPSA) is 63.4 Å². The Morgan fingerprint density at radius 2 is 1.79 bits per heavy atom. The van der Waals surface area contributed by atoms with E-state index < -0.39 is 23.7 Å². The molecule has 0 fully saturated rings. The van der Waals surface area contributed by atoms with Crippen molar-refractivity contribution in [1.82, 2.24) is 4.90 Å². The van der Waals surface area contributed by atoms with Crippen LogP contribution in [0.5, 0.6) is 0 Å². The molecule has 0 bridgehead atoms. The highest BCUT2D eigenvalue weighted by Gasteiger charge is 2.34. The summed E-state index contributed by atoms with van der Waals surface area (Å²) in [6, 6.07) is 14.4. The van der Waals surface area contributed by atoms with E-state index in [9.17, 15) is 14.0 Å². The molecule has 0 aromatic heterocycles. The number of hydrogen-bond acceptors (Lipinski definition) is 2. The molecule has 1 aliphatic carbocycles. The van der Waals surface area contributed by atoms with Crippen molar-refractivity contribution in [2.45, 2.75) is 18.9 Å². The Bertz CT molecular complexity index is 857. The molecule has 0 saturated heterocycles. The van der Waals surface area contributed by atoms with E-state index >= 15 is 0 Å². The van der Waals surface area contributed by atoms with Gasteiger partial charge in [0, 0.05) is 10.6 Å². The van der Waals surface area contributed by atoms with Gasteiger partial charge in [0.15, 0.2) is 0 Å². The summed E-state index contributed by atoms with van der Waals surface area (Å²) in [4.78, 5) is 25.0. The van der Waals surface area contributed by atoms with Gasteiger partial charge >= 0.3 is 0 Å². The normalized spacial score (nSPS) is 14.3. The molecule has 6 heteroatoms. The molecular formula is C22H22ClFN2O2. The minimum atomic E-state index is -0.652. The third kappa shape index (κ3) is 5.30. The molecule has 146 valence electrons. The van der Waals surface area contributed by atoms with Crippen molar-refractivity contribution in [1.29, 1.82) is 0 Å². The highest BCUT2D eigenvalue weighted by Crippen LogP contribution is 2.39. The van der Waals surface area contributed by atoms with Crippen LogP contribution < -0.4 is 5.73 Å². The molecule has 0 spiro atoms. The van der Waals surface area contributed by atoms with Crippen LogP contribution in [0.1, 0.15) is 23.6 Å². The summed E-state index contributed by atoms with van der Waals surface area (Å²) < 4.78 is 14.0.